The number of rotatable bonds is 5. The molecule has 2 nitrogen and oxygen atoms in total. The molecule has 0 spiro atoms. The highest BCUT2D eigenvalue weighted by atomic mass is 35.5. The Morgan fingerprint density at radius 2 is 1.88 bits per heavy atom. The number of benzene rings is 1. The van der Waals surface area contributed by atoms with Crippen LogP contribution in [0, 0.1) is 0 Å². The van der Waals surface area contributed by atoms with Crippen molar-refractivity contribution in [1.29, 1.82) is 0 Å². The fourth-order valence-electron chi connectivity index (χ4n) is 2.07. The van der Waals surface area contributed by atoms with Gasteiger partial charge >= 0.3 is 0 Å². The molecule has 0 bridgehead atoms. The van der Waals surface area contributed by atoms with Crippen molar-refractivity contribution in [2.75, 3.05) is 13.7 Å². The molecule has 1 unspecified atom stereocenters. The molecule has 0 aromatic heterocycles. The molecule has 1 aromatic carbocycles. The summed E-state index contributed by atoms with van der Waals surface area (Å²) in [5, 5.41) is 0.677. The van der Waals surface area contributed by atoms with Crippen molar-refractivity contribution in [2.45, 2.75) is 39.0 Å². The molecule has 0 aliphatic heterocycles. The molecule has 0 radical (unpaired) electrons. The predicted molar refractivity (Wildman–Crippen MR) is 74.2 cm³/mol. The maximum absolute atomic E-state index is 6.19. The lowest BCUT2D eigenvalue weighted by molar-refractivity contribution is 0.414. The summed E-state index contributed by atoms with van der Waals surface area (Å²) >= 11 is 6.19. The molecule has 1 aromatic rings. The van der Waals surface area contributed by atoms with Crippen LogP contribution in [-0.4, -0.2) is 13.7 Å². The molecule has 2 N–H and O–H groups in total. The van der Waals surface area contributed by atoms with E-state index in [0.29, 0.717) is 23.4 Å². The molecule has 0 saturated heterocycles. The van der Waals surface area contributed by atoms with E-state index in [-0.39, 0.29) is 0 Å². The minimum Gasteiger partial charge on any atom is -0.495 e. The molecule has 3 heteroatoms. The molecular weight excluding hydrogens is 234 g/mol. The van der Waals surface area contributed by atoms with Crippen molar-refractivity contribution in [1.82, 2.24) is 0 Å². The Morgan fingerprint density at radius 3 is 2.35 bits per heavy atom. The van der Waals surface area contributed by atoms with Crippen molar-refractivity contribution < 1.29 is 4.74 Å². The Balaban J connectivity index is 3.22. The molecule has 17 heavy (non-hydrogen) atoms. The van der Waals surface area contributed by atoms with E-state index in [1.807, 2.05) is 6.07 Å². The van der Waals surface area contributed by atoms with Gasteiger partial charge in [0, 0.05) is 0 Å². The zero-order valence-corrected chi connectivity index (χ0v) is 11.8. The first-order valence-electron chi connectivity index (χ1n) is 6.08. The first kappa shape index (κ1) is 14.3. The number of hydrogen-bond acceptors (Lipinski definition) is 2. The van der Waals surface area contributed by atoms with E-state index in [9.17, 15) is 0 Å². The smallest absolute Gasteiger partial charge is 0.137 e. The van der Waals surface area contributed by atoms with E-state index in [4.69, 9.17) is 22.1 Å². The third-order valence-corrected chi connectivity index (χ3v) is 3.41. The highest BCUT2D eigenvalue weighted by Crippen LogP contribution is 2.36. The van der Waals surface area contributed by atoms with Gasteiger partial charge in [0.05, 0.1) is 12.1 Å². The number of methoxy groups -OCH3 is 1. The average Bonchev–Trinajstić information content (AvgIpc) is 2.28. The highest BCUT2D eigenvalue weighted by molar-refractivity contribution is 6.32. The van der Waals surface area contributed by atoms with Crippen LogP contribution in [0.25, 0.3) is 0 Å². The first-order valence-corrected chi connectivity index (χ1v) is 6.46. The van der Waals surface area contributed by atoms with Gasteiger partial charge < -0.3 is 10.5 Å². The summed E-state index contributed by atoms with van der Waals surface area (Å²) < 4.78 is 5.27. The van der Waals surface area contributed by atoms with Gasteiger partial charge in [0.25, 0.3) is 0 Å². The maximum Gasteiger partial charge on any atom is 0.137 e. The highest BCUT2D eigenvalue weighted by Gasteiger charge is 2.16. The minimum atomic E-state index is 0.431. The van der Waals surface area contributed by atoms with Gasteiger partial charge in [0.1, 0.15) is 5.75 Å². The summed E-state index contributed by atoms with van der Waals surface area (Å²) in [6.07, 6.45) is 0.975. The van der Waals surface area contributed by atoms with Crippen LogP contribution < -0.4 is 10.5 Å². The van der Waals surface area contributed by atoms with Crippen LogP contribution in [-0.2, 0) is 0 Å². The number of ether oxygens (including phenoxy) is 1. The number of nitrogens with two attached hydrogens (primary N) is 1. The molecule has 0 saturated carbocycles. The quantitative estimate of drug-likeness (QED) is 0.865. The Labute approximate surface area is 109 Å². The fourth-order valence-corrected chi connectivity index (χ4v) is 2.32. The summed E-state index contributed by atoms with van der Waals surface area (Å²) in [6, 6.07) is 4.07. The Kier molecular flexibility index (Phi) is 5.29. The van der Waals surface area contributed by atoms with E-state index in [1.165, 1.54) is 11.1 Å². The summed E-state index contributed by atoms with van der Waals surface area (Å²) in [4.78, 5) is 0. The van der Waals surface area contributed by atoms with Crippen LogP contribution in [0.1, 0.15) is 50.2 Å². The van der Waals surface area contributed by atoms with Gasteiger partial charge in [-0.1, -0.05) is 32.4 Å². The maximum atomic E-state index is 6.19. The van der Waals surface area contributed by atoms with E-state index >= 15 is 0 Å². The largest absolute Gasteiger partial charge is 0.495 e. The second kappa shape index (κ2) is 6.27. The molecule has 0 heterocycles. The zero-order valence-electron chi connectivity index (χ0n) is 11.1. The zero-order chi connectivity index (χ0) is 13.0. The van der Waals surface area contributed by atoms with Crippen LogP contribution in [0.15, 0.2) is 12.1 Å². The molecule has 0 amide bonds. The van der Waals surface area contributed by atoms with Crippen molar-refractivity contribution in [2.24, 2.45) is 5.73 Å². The van der Waals surface area contributed by atoms with Gasteiger partial charge in [-0.25, -0.2) is 0 Å². The summed E-state index contributed by atoms with van der Waals surface area (Å²) in [5.74, 6) is 1.64. The van der Waals surface area contributed by atoms with E-state index in [0.717, 1.165) is 12.2 Å². The molecule has 1 rings (SSSR count). The van der Waals surface area contributed by atoms with E-state index < -0.39 is 0 Å². The van der Waals surface area contributed by atoms with Crippen LogP contribution in [0.5, 0.6) is 5.75 Å². The summed E-state index contributed by atoms with van der Waals surface area (Å²) in [7, 11) is 1.65. The molecule has 0 aliphatic carbocycles. The lowest BCUT2D eigenvalue weighted by Gasteiger charge is -2.20. The average molecular weight is 256 g/mol. The van der Waals surface area contributed by atoms with Crippen LogP contribution in [0.3, 0.4) is 0 Å². The SMILES string of the molecule is COc1cc(C(C)C)c(C(C)CCN)cc1Cl. The third-order valence-electron chi connectivity index (χ3n) is 3.11. The number of hydrogen-bond donors (Lipinski definition) is 1. The topological polar surface area (TPSA) is 35.2 Å². The first-order chi connectivity index (χ1) is 8.01. The van der Waals surface area contributed by atoms with Crippen LogP contribution >= 0.6 is 11.6 Å². The summed E-state index contributed by atoms with van der Waals surface area (Å²) in [6.45, 7) is 7.25. The van der Waals surface area contributed by atoms with Crippen LogP contribution in [0.4, 0.5) is 0 Å². The van der Waals surface area contributed by atoms with Gasteiger partial charge in [0.15, 0.2) is 0 Å². The molecule has 1 atom stereocenters. The van der Waals surface area contributed by atoms with Gasteiger partial charge in [0.2, 0.25) is 0 Å². The van der Waals surface area contributed by atoms with Crippen molar-refractivity contribution in [3.63, 3.8) is 0 Å². The van der Waals surface area contributed by atoms with Crippen molar-refractivity contribution >= 4 is 11.6 Å². The lowest BCUT2D eigenvalue weighted by atomic mass is 9.88. The standard InChI is InChI=1S/C14H22ClNO/c1-9(2)11-8-14(17-4)13(15)7-12(11)10(3)5-6-16/h7-10H,5-6,16H2,1-4H3. The monoisotopic (exact) mass is 255 g/mol. The Bertz CT molecular complexity index is 377. The normalized spacial score (nSPS) is 12.9. The van der Waals surface area contributed by atoms with Crippen molar-refractivity contribution in [3.05, 3.63) is 28.3 Å². The Hall–Kier alpha value is -0.730. The molecule has 96 valence electrons. The van der Waals surface area contributed by atoms with Crippen LogP contribution in [0.2, 0.25) is 5.02 Å². The second-order valence-electron chi connectivity index (χ2n) is 4.75. The predicted octanol–water partition coefficient (Wildman–Crippen LogP) is 3.92. The Morgan fingerprint density at radius 1 is 1.24 bits per heavy atom. The molecular formula is C14H22ClNO. The minimum absolute atomic E-state index is 0.431. The fraction of sp³-hybridized carbons (Fsp3) is 0.571. The van der Waals surface area contributed by atoms with Crippen molar-refractivity contribution in [3.8, 4) is 5.75 Å². The van der Waals surface area contributed by atoms with Gasteiger partial charge in [-0.3, -0.25) is 0 Å². The lowest BCUT2D eigenvalue weighted by Crippen LogP contribution is -2.08. The van der Waals surface area contributed by atoms with E-state index in [2.05, 4.69) is 26.8 Å². The number of halogens is 1. The second-order valence-corrected chi connectivity index (χ2v) is 5.16. The summed E-state index contributed by atoms with van der Waals surface area (Å²) in [5.41, 5.74) is 8.22. The van der Waals surface area contributed by atoms with E-state index in [1.54, 1.807) is 7.11 Å². The van der Waals surface area contributed by atoms with Gasteiger partial charge in [-0.15, -0.1) is 0 Å². The molecule has 0 aliphatic rings. The third kappa shape index (κ3) is 3.36. The molecule has 0 fully saturated rings. The van der Waals surface area contributed by atoms with Gasteiger partial charge in [-0.05, 0) is 48.1 Å². The van der Waals surface area contributed by atoms with Gasteiger partial charge in [-0.2, -0.15) is 0 Å².